The average molecular weight is 658 g/mol. The molecule has 5 aromatic carbocycles. The number of aromatic nitrogens is 3. The summed E-state index contributed by atoms with van der Waals surface area (Å²) < 4.78 is 43.0. The van der Waals surface area contributed by atoms with Crippen molar-refractivity contribution < 1.29 is 17.5 Å². The van der Waals surface area contributed by atoms with Gasteiger partial charge in [0.25, 0.3) is 5.82 Å². The first-order valence-electron chi connectivity index (χ1n) is 18.8. The van der Waals surface area contributed by atoms with Crippen LogP contribution in [-0.2, 0) is 7.05 Å². The third-order valence-corrected chi connectivity index (χ3v) is 10.3. The molecular weight excluding hydrogens is 615 g/mol. The van der Waals surface area contributed by atoms with Gasteiger partial charge in [-0.15, -0.1) is 0 Å². The standard InChI is InChI=1S/C45H40N3O2/c1-25(2)33-23-30(29-15-9-8-10-16-29)24-34(26(3)4)41(33)48-36-19-13-12-18-35(36)47(7)45(48)38-27(5)21-22-32-40-39-31-17-11-14-20-37(31)49-42(39)28(6)46-44(40)50-43(32)38/h8-26H,1-7H3/q+1/i6D3. The van der Waals surface area contributed by atoms with Crippen molar-refractivity contribution >= 4 is 55.0 Å². The monoisotopic (exact) mass is 657 g/mol. The summed E-state index contributed by atoms with van der Waals surface area (Å²) in [4.78, 5) is 4.69. The van der Waals surface area contributed by atoms with Crippen LogP contribution in [0.15, 0.2) is 112 Å². The first-order valence-corrected chi connectivity index (χ1v) is 17.3. The van der Waals surface area contributed by atoms with Crippen LogP contribution < -0.4 is 4.57 Å². The summed E-state index contributed by atoms with van der Waals surface area (Å²) in [5.74, 6) is 1.41. The van der Waals surface area contributed by atoms with Crippen LogP contribution in [0.2, 0.25) is 0 Å². The summed E-state index contributed by atoms with van der Waals surface area (Å²) in [7, 11) is 2.12. The number of hydrogen-bond donors (Lipinski definition) is 0. The fourth-order valence-electron chi connectivity index (χ4n) is 7.89. The smallest absolute Gasteiger partial charge is 0.299 e. The predicted octanol–water partition coefficient (Wildman–Crippen LogP) is 11.8. The van der Waals surface area contributed by atoms with Crippen LogP contribution in [0.4, 0.5) is 0 Å². The number of rotatable bonds is 5. The van der Waals surface area contributed by atoms with Gasteiger partial charge >= 0.3 is 0 Å². The fourth-order valence-corrected chi connectivity index (χ4v) is 7.89. The van der Waals surface area contributed by atoms with Gasteiger partial charge in [-0.25, -0.2) is 9.55 Å². The highest BCUT2D eigenvalue weighted by Crippen LogP contribution is 2.45. The number of hydrogen-bond acceptors (Lipinski definition) is 3. The number of para-hydroxylation sites is 3. The van der Waals surface area contributed by atoms with Gasteiger partial charge in [-0.05, 0) is 72.6 Å². The van der Waals surface area contributed by atoms with E-state index in [9.17, 15) is 0 Å². The van der Waals surface area contributed by atoms with E-state index in [4.69, 9.17) is 17.9 Å². The van der Waals surface area contributed by atoms with Crippen molar-refractivity contribution in [2.75, 3.05) is 0 Å². The maximum absolute atomic E-state index is 8.40. The minimum atomic E-state index is -2.51. The lowest BCUT2D eigenvalue weighted by molar-refractivity contribution is -0.633. The molecule has 0 aliphatic rings. The van der Waals surface area contributed by atoms with Crippen LogP contribution in [0.1, 0.15) is 66.0 Å². The minimum Gasteiger partial charge on any atom is -0.454 e. The molecule has 0 fully saturated rings. The Morgan fingerprint density at radius 2 is 1.42 bits per heavy atom. The van der Waals surface area contributed by atoms with Gasteiger partial charge in [-0.1, -0.05) is 100 Å². The van der Waals surface area contributed by atoms with E-state index in [2.05, 4.69) is 130 Å². The van der Waals surface area contributed by atoms with Crippen molar-refractivity contribution in [3.8, 4) is 28.2 Å². The molecule has 0 unspecified atom stereocenters. The number of fused-ring (bicyclic) bond motifs is 8. The molecular formula is C45H40N3O2+. The SMILES string of the molecule is [2H]C([2H])([2H])c1nc2oc3c(-c4n(-c5c(C(C)C)cc(-c6ccccc6)cc5C(C)C)c5ccccc5[n+]4C)c(C)ccc3c2c2c1oc1ccccc12. The lowest BCUT2D eigenvalue weighted by atomic mass is 9.88. The summed E-state index contributed by atoms with van der Waals surface area (Å²) in [5, 5.41) is 3.13. The van der Waals surface area contributed by atoms with Crippen LogP contribution >= 0.6 is 0 Å². The Balaban J connectivity index is 1.44. The molecule has 4 heterocycles. The number of aryl methyl sites for hydroxylation is 3. The minimum absolute atomic E-state index is 0.102. The van der Waals surface area contributed by atoms with E-state index in [1.54, 1.807) is 0 Å². The number of pyridine rings is 1. The average Bonchev–Trinajstić information content (AvgIpc) is 3.80. The zero-order valence-electron chi connectivity index (χ0n) is 32.1. The third-order valence-electron chi connectivity index (χ3n) is 10.3. The number of imidazole rings is 1. The largest absolute Gasteiger partial charge is 0.454 e. The van der Waals surface area contributed by atoms with Crippen molar-refractivity contribution in [1.29, 1.82) is 0 Å². The molecule has 0 spiro atoms. The normalized spacial score (nSPS) is 13.4. The molecule has 246 valence electrons. The van der Waals surface area contributed by atoms with Crippen molar-refractivity contribution in [2.24, 2.45) is 7.05 Å². The number of furan rings is 2. The van der Waals surface area contributed by atoms with Crippen molar-refractivity contribution in [1.82, 2.24) is 9.55 Å². The highest BCUT2D eigenvalue weighted by Gasteiger charge is 2.34. The second-order valence-electron chi connectivity index (χ2n) is 14.1. The zero-order valence-corrected chi connectivity index (χ0v) is 29.1. The Bertz CT molecular complexity index is 2880. The Hall–Kier alpha value is -5.68. The van der Waals surface area contributed by atoms with Crippen molar-refractivity contribution in [3.05, 3.63) is 126 Å². The predicted molar refractivity (Wildman–Crippen MR) is 205 cm³/mol. The van der Waals surface area contributed by atoms with E-state index >= 15 is 0 Å². The summed E-state index contributed by atoms with van der Waals surface area (Å²) in [6.07, 6.45) is 0. The molecule has 0 aliphatic carbocycles. The molecule has 0 N–H and O–H groups in total. The maximum atomic E-state index is 8.40. The Kier molecular flexibility index (Phi) is 6.07. The van der Waals surface area contributed by atoms with E-state index in [1.807, 2.05) is 24.3 Å². The fraction of sp³-hybridized carbons (Fsp3) is 0.200. The molecule has 0 atom stereocenters. The molecule has 0 aliphatic heterocycles. The molecule has 0 saturated carbocycles. The first kappa shape index (κ1) is 27.2. The lowest BCUT2D eigenvalue weighted by Gasteiger charge is -2.21. The van der Waals surface area contributed by atoms with Gasteiger partial charge in [0.15, 0.2) is 22.2 Å². The summed E-state index contributed by atoms with van der Waals surface area (Å²) in [6.45, 7) is 8.67. The topological polar surface area (TPSA) is 48.0 Å². The van der Waals surface area contributed by atoms with E-state index in [-0.39, 0.29) is 28.8 Å². The summed E-state index contributed by atoms with van der Waals surface area (Å²) >= 11 is 0. The zero-order chi connectivity index (χ0) is 36.9. The second kappa shape index (κ2) is 11.2. The van der Waals surface area contributed by atoms with Gasteiger partial charge in [0.1, 0.15) is 16.8 Å². The molecule has 9 rings (SSSR count). The molecule has 5 heteroatoms. The molecule has 0 radical (unpaired) electrons. The quantitative estimate of drug-likeness (QED) is 0.173. The highest BCUT2D eigenvalue weighted by molar-refractivity contribution is 6.26. The van der Waals surface area contributed by atoms with E-state index < -0.39 is 6.85 Å². The lowest BCUT2D eigenvalue weighted by Crippen LogP contribution is -2.30. The molecule has 0 bridgehead atoms. The summed E-state index contributed by atoms with van der Waals surface area (Å²) in [5.41, 5.74) is 11.9. The Labute approximate surface area is 295 Å². The number of nitrogens with zero attached hydrogens (tertiary/aromatic N) is 3. The van der Waals surface area contributed by atoms with Gasteiger partial charge in [0, 0.05) is 31.4 Å². The first-order chi connectivity index (χ1) is 25.4. The third kappa shape index (κ3) is 4.32. The van der Waals surface area contributed by atoms with Crippen molar-refractivity contribution in [3.63, 3.8) is 0 Å². The van der Waals surface area contributed by atoms with Gasteiger partial charge in [-0.2, -0.15) is 4.57 Å². The molecule has 5 nitrogen and oxygen atoms in total. The van der Waals surface area contributed by atoms with Crippen LogP contribution in [0.5, 0.6) is 0 Å². The van der Waals surface area contributed by atoms with Crippen molar-refractivity contribution in [2.45, 2.75) is 53.3 Å². The highest BCUT2D eigenvalue weighted by atomic mass is 16.3. The van der Waals surface area contributed by atoms with Crippen LogP contribution in [0, 0.1) is 13.8 Å². The Morgan fingerprint density at radius 3 is 2.16 bits per heavy atom. The summed E-state index contributed by atoms with van der Waals surface area (Å²) in [6, 6.07) is 35.7. The van der Waals surface area contributed by atoms with Gasteiger partial charge < -0.3 is 8.83 Å². The van der Waals surface area contributed by atoms with E-state index in [0.29, 0.717) is 16.6 Å². The molecule has 4 aromatic heterocycles. The Morgan fingerprint density at radius 1 is 0.720 bits per heavy atom. The van der Waals surface area contributed by atoms with Gasteiger partial charge in [0.05, 0.1) is 18.1 Å². The van der Waals surface area contributed by atoms with E-state index in [1.165, 1.54) is 27.9 Å². The molecule has 0 saturated heterocycles. The van der Waals surface area contributed by atoms with Crippen LogP contribution in [-0.4, -0.2) is 9.55 Å². The maximum Gasteiger partial charge on any atom is 0.299 e. The van der Waals surface area contributed by atoms with Gasteiger partial charge in [0.2, 0.25) is 5.71 Å². The van der Waals surface area contributed by atoms with Crippen LogP contribution in [0.3, 0.4) is 0 Å². The molecule has 50 heavy (non-hydrogen) atoms. The second-order valence-corrected chi connectivity index (χ2v) is 14.1. The number of benzene rings is 5. The molecule has 0 amide bonds. The van der Waals surface area contributed by atoms with E-state index in [0.717, 1.165) is 44.1 Å². The molecule has 9 aromatic rings. The van der Waals surface area contributed by atoms with Crippen LogP contribution in [0.25, 0.3) is 83.2 Å². The van der Waals surface area contributed by atoms with Gasteiger partial charge in [-0.3, -0.25) is 0 Å².